The highest BCUT2D eigenvalue weighted by molar-refractivity contribution is 7.90. The molecule has 2 heterocycles. The number of aryl methyl sites for hydroxylation is 1. The van der Waals surface area contributed by atoms with Crippen molar-refractivity contribution in [3.8, 4) is 16.9 Å². The summed E-state index contributed by atoms with van der Waals surface area (Å²) in [5.41, 5.74) is 1.15. The SMILES string of the molecule is CCCn1ncc(-c2ccc(S(C)(=O)=O)c(C3=NOCC3)c2Cl)c(OC)c1=O. The summed E-state index contributed by atoms with van der Waals surface area (Å²) in [7, 11) is -2.17. The highest BCUT2D eigenvalue weighted by atomic mass is 35.5. The number of rotatable bonds is 6. The van der Waals surface area contributed by atoms with Crippen molar-refractivity contribution in [1.82, 2.24) is 9.78 Å². The third-order valence-electron chi connectivity index (χ3n) is 4.33. The van der Waals surface area contributed by atoms with Crippen molar-refractivity contribution in [2.75, 3.05) is 20.0 Å². The monoisotopic (exact) mass is 425 g/mol. The summed E-state index contributed by atoms with van der Waals surface area (Å²) < 4.78 is 31.2. The molecule has 0 saturated heterocycles. The molecular weight excluding hydrogens is 406 g/mol. The number of benzene rings is 1. The van der Waals surface area contributed by atoms with Crippen LogP contribution in [0.4, 0.5) is 0 Å². The molecule has 1 aliphatic rings. The maximum atomic E-state index is 12.7. The Hall–Kier alpha value is -2.39. The zero-order valence-corrected chi connectivity index (χ0v) is 17.3. The van der Waals surface area contributed by atoms with Gasteiger partial charge in [0.2, 0.25) is 0 Å². The molecule has 0 radical (unpaired) electrons. The van der Waals surface area contributed by atoms with E-state index in [0.717, 1.165) is 12.7 Å². The lowest BCUT2D eigenvalue weighted by Gasteiger charge is -2.16. The van der Waals surface area contributed by atoms with Gasteiger partial charge in [-0.3, -0.25) is 4.79 Å². The molecule has 2 aromatic rings. The van der Waals surface area contributed by atoms with Crippen LogP contribution in [-0.2, 0) is 21.2 Å². The molecule has 3 rings (SSSR count). The molecule has 0 N–H and O–H groups in total. The summed E-state index contributed by atoms with van der Waals surface area (Å²) in [6.45, 7) is 2.73. The lowest BCUT2D eigenvalue weighted by atomic mass is 10.00. The minimum Gasteiger partial charge on any atom is -0.491 e. The molecule has 0 amide bonds. The van der Waals surface area contributed by atoms with Crippen LogP contribution in [0, 0.1) is 0 Å². The first-order valence-corrected chi connectivity index (χ1v) is 10.9. The van der Waals surface area contributed by atoms with Gasteiger partial charge in [-0.2, -0.15) is 5.10 Å². The van der Waals surface area contributed by atoms with Crippen LogP contribution in [-0.4, -0.2) is 43.9 Å². The molecule has 10 heteroatoms. The molecule has 1 aromatic heterocycles. The molecule has 0 spiro atoms. The lowest BCUT2D eigenvalue weighted by Crippen LogP contribution is -2.24. The quantitative estimate of drug-likeness (QED) is 0.705. The van der Waals surface area contributed by atoms with Crippen molar-refractivity contribution >= 4 is 27.1 Å². The van der Waals surface area contributed by atoms with Crippen molar-refractivity contribution < 1.29 is 18.0 Å². The normalized spacial score (nSPS) is 13.9. The van der Waals surface area contributed by atoms with Crippen molar-refractivity contribution in [3.63, 3.8) is 0 Å². The summed E-state index contributed by atoms with van der Waals surface area (Å²) >= 11 is 6.62. The fourth-order valence-electron chi connectivity index (χ4n) is 3.06. The van der Waals surface area contributed by atoms with E-state index in [1.54, 1.807) is 6.07 Å². The van der Waals surface area contributed by atoms with Gasteiger partial charge in [-0.1, -0.05) is 29.7 Å². The fraction of sp³-hybridized carbons (Fsp3) is 0.389. The smallest absolute Gasteiger partial charge is 0.309 e. The van der Waals surface area contributed by atoms with Gasteiger partial charge in [-0.15, -0.1) is 0 Å². The summed E-state index contributed by atoms with van der Waals surface area (Å²) in [5, 5.41) is 8.27. The number of halogens is 1. The standard InChI is InChI=1S/C18H20ClN3O5S/c1-4-8-22-18(23)17(26-2)12(10-20-22)11-5-6-14(28(3,24)25)15(16(11)19)13-7-9-27-21-13/h5-6,10H,4,7-9H2,1-3H3. The molecule has 1 aliphatic heterocycles. The Morgan fingerprint density at radius 2 is 2.07 bits per heavy atom. The number of nitrogens with zero attached hydrogens (tertiary/aromatic N) is 3. The zero-order chi connectivity index (χ0) is 20.5. The predicted octanol–water partition coefficient (Wildman–Crippen LogP) is 2.51. The Morgan fingerprint density at radius 3 is 2.64 bits per heavy atom. The lowest BCUT2D eigenvalue weighted by molar-refractivity contribution is 0.174. The van der Waals surface area contributed by atoms with Crippen molar-refractivity contribution in [2.24, 2.45) is 5.16 Å². The first kappa shape index (κ1) is 20.3. The second-order valence-corrected chi connectivity index (χ2v) is 8.68. The number of methoxy groups -OCH3 is 1. The minimum atomic E-state index is -3.56. The first-order chi connectivity index (χ1) is 13.3. The van der Waals surface area contributed by atoms with Crippen LogP contribution in [0.3, 0.4) is 0 Å². The van der Waals surface area contributed by atoms with Crippen LogP contribution in [0.2, 0.25) is 5.02 Å². The number of sulfone groups is 1. The van der Waals surface area contributed by atoms with Gasteiger partial charge in [0.25, 0.3) is 0 Å². The average Bonchev–Trinajstić information content (AvgIpc) is 3.16. The topological polar surface area (TPSA) is 99.8 Å². The molecule has 150 valence electrons. The number of hydrogen-bond donors (Lipinski definition) is 0. The second kappa shape index (κ2) is 7.92. The number of ether oxygens (including phenoxy) is 1. The Morgan fingerprint density at radius 1 is 1.32 bits per heavy atom. The molecule has 1 aromatic carbocycles. The highest BCUT2D eigenvalue weighted by Crippen LogP contribution is 2.38. The summed E-state index contributed by atoms with van der Waals surface area (Å²) in [6.07, 6.45) is 3.77. The fourth-order valence-corrected chi connectivity index (χ4v) is 4.40. The number of hydrogen-bond acceptors (Lipinski definition) is 7. The van der Waals surface area contributed by atoms with E-state index >= 15 is 0 Å². The third-order valence-corrected chi connectivity index (χ3v) is 5.86. The Bertz CT molecular complexity index is 1110. The highest BCUT2D eigenvalue weighted by Gasteiger charge is 2.27. The van der Waals surface area contributed by atoms with Gasteiger partial charge in [0.05, 0.1) is 34.5 Å². The van der Waals surface area contributed by atoms with Crippen molar-refractivity contribution in [2.45, 2.75) is 31.2 Å². The molecule has 28 heavy (non-hydrogen) atoms. The maximum absolute atomic E-state index is 12.7. The maximum Gasteiger partial charge on any atom is 0.309 e. The van der Waals surface area contributed by atoms with E-state index in [-0.39, 0.29) is 26.8 Å². The van der Waals surface area contributed by atoms with Gasteiger partial charge >= 0.3 is 5.56 Å². The predicted molar refractivity (Wildman–Crippen MR) is 106 cm³/mol. The Kier molecular flexibility index (Phi) is 5.76. The van der Waals surface area contributed by atoms with Crippen LogP contribution < -0.4 is 10.3 Å². The Labute approximate surface area is 167 Å². The summed E-state index contributed by atoms with van der Waals surface area (Å²) in [4.78, 5) is 17.7. The zero-order valence-electron chi connectivity index (χ0n) is 15.7. The average molecular weight is 426 g/mol. The minimum absolute atomic E-state index is 0.0525. The molecule has 0 bridgehead atoms. The van der Waals surface area contributed by atoms with Gasteiger partial charge in [0, 0.05) is 30.3 Å². The van der Waals surface area contributed by atoms with Crippen LogP contribution in [0.5, 0.6) is 5.75 Å². The molecule has 0 aliphatic carbocycles. The number of oxime groups is 1. The molecule has 0 atom stereocenters. The summed E-state index contributed by atoms with van der Waals surface area (Å²) in [6, 6.07) is 2.99. The van der Waals surface area contributed by atoms with Gasteiger partial charge in [0.15, 0.2) is 15.6 Å². The molecule has 0 fully saturated rings. The van der Waals surface area contributed by atoms with Gasteiger partial charge in [-0.25, -0.2) is 13.1 Å². The van der Waals surface area contributed by atoms with Crippen LogP contribution in [0.15, 0.2) is 33.2 Å². The van der Waals surface area contributed by atoms with Crippen molar-refractivity contribution in [3.05, 3.63) is 39.3 Å². The van der Waals surface area contributed by atoms with E-state index in [1.807, 2.05) is 6.92 Å². The van der Waals surface area contributed by atoms with Crippen LogP contribution in [0.1, 0.15) is 25.3 Å². The van der Waals surface area contributed by atoms with Crippen LogP contribution in [0.25, 0.3) is 11.1 Å². The van der Waals surface area contributed by atoms with Gasteiger partial charge in [0.1, 0.15) is 6.61 Å². The van der Waals surface area contributed by atoms with E-state index in [1.165, 1.54) is 24.1 Å². The largest absolute Gasteiger partial charge is 0.491 e. The van der Waals surface area contributed by atoms with E-state index in [9.17, 15) is 13.2 Å². The Balaban J connectivity index is 2.29. The van der Waals surface area contributed by atoms with Gasteiger partial charge < -0.3 is 9.57 Å². The number of aromatic nitrogens is 2. The summed E-state index contributed by atoms with van der Waals surface area (Å²) in [5.74, 6) is 0.0908. The molecule has 0 unspecified atom stereocenters. The van der Waals surface area contributed by atoms with Crippen molar-refractivity contribution in [1.29, 1.82) is 0 Å². The van der Waals surface area contributed by atoms with E-state index in [2.05, 4.69) is 10.3 Å². The molecular formula is C18H20ClN3O5S. The van der Waals surface area contributed by atoms with Gasteiger partial charge in [-0.05, 0) is 12.5 Å². The second-order valence-electron chi connectivity index (χ2n) is 6.31. The van der Waals surface area contributed by atoms with E-state index in [0.29, 0.717) is 36.4 Å². The van der Waals surface area contributed by atoms with E-state index < -0.39 is 9.84 Å². The molecule has 0 saturated carbocycles. The van der Waals surface area contributed by atoms with E-state index in [4.69, 9.17) is 21.2 Å². The van der Waals surface area contributed by atoms with Crippen LogP contribution >= 0.6 is 11.6 Å². The third kappa shape index (κ3) is 3.64. The molecule has 8 nitrogen and oxygen atoms in total. The first-order valence-electron chi connectivity index (χ1n) is 8.65.